The molecule has 0 saturated carbocycles. The van der Waals surface area contributed by atoms with Crippen molar-refractivity contribution in [2.45, 2.75) is 6.92 Å². The second-order valence-electron chi connectivity index (χ2n) is 6.14. The number of hydrogen-bond acceptors (Lipinski definition) is 5. The second-order valence-corrected chi connectivity index (χ2v) is 8.04. The predicted octanol–water partition coefficient (Wildman–Crippen LogP) is 3.19. The van der Waals surface area contributed by atoms with Crippen LogP contribution in [0.3, 0.4) is 0 Å². The molecule has 0 bridgehead atoms. The third-order valence-corrected chi connectivity index (χ3v) is 5.10. The first-order valence-electron chi connectivity index (χ1n) is 8.30. The van der Waals surface area contributed by atoms with E-state index in [-0.39, 0.29) is 11.6 Å². The van der Waals surface area contributed by atoms with E-state index in [0.717, 1.165) is 22.2 Å². The Morgan fingerprint density at radius 1 is 1.18 bits per heavy atom. The molecule has 1 amide bonds. The number of aromatic nitrogens is 1. The molecule has 0 spiro atoms. The summed E-state index contributed by atoms with van der Waals surface area (Å²) in [4.78, 5) is 12.5. The van der Waals surface area contributed by atoms with E-state index in [1.807, 2.05) is 30.3 Å². The SMILES string of the molecule is Cc1noc(NC(=O)CN(c2cccc(F)c2)S(C)(=O)=O)c1-c1ccccc1. The largest absolute Gasteiger partial charge is 0.337 e. The van der Waals surface area contributed by atoms with E-state index in [1.165, 1.54) is 18.2 Å². The van der Waals surface area contributed by atoms with Crippen LogP contribution >= 0.6 is 0 Å². The summed E-state index contributed by atoms with van der Waals surface area (Å²) in [7, 11) is -3.82. The second kappa shape index (κ2) is 7.81. The van der Waals surface area contributed by atoms with Crippen molar-refractivity contribution in [3.63, 3.8) is 0 Å². The van der Waals surface area contributed by atoms with Gasteiger partial charge in [0.1, 0.15) is 12.4 Å². The zero-order valence-electron chi connectivity index (χ0n) is 15.2. The first kappa shape index (κ1) is 19.6. The van der Waals surface area contributed by atoms with E-state index in [1.54, 1.807) is 6.92 Å². The van der Waals surface area contributed by atoms with Gasteiger partial charge in [-0.05, 0) is 30.7 Å². The van der Waals surface area contributed by atoms with Crippen LogP contribution in [0.1, 0.15) is 5.69 Å². The highest BCUT2D eigenvalue weighted by Gasteiger charge is 2.23. The molecule has 0 unspecified atom stereocenters. The highest BCUT2D eigenvalue weighted by molar-refractivity contribution is 7.92. The summed E-state index contributed by atoms with van der Waals surface area (Å²) in [5, 5.41) is 6.42. The van der Waals surface area contributed by atoms with Crippen LogP contribution in [0.2, 0.25) is 0 Å². The van der Waals surface area contributed by atoms with Crippen LogP contribution in [0.4, 0.5) is 16.0 Å². The smallest absolute Gasteiger partial charge is 0.247 e. The third-order valence-electron chi connectivity index (χ3n) is 3.96. The average molecular weight is 403 g/mol. The standard InChI is InChI=1S/C19H18FN3O4S/c1-13-18(14-7-4-3-5-8-14)19(27-22-13)21-17(24)12-23(28(2,25)26)16-10-6-9-15(20)11-16/h3-11H,12H2,1-2H3,(H,21,24). The quantitative estimate of drug-likeness (QED) is 0.682. The first-order valence-corrected chi connectivity index (χ1v) is 10.2. The number of anilines is 2. The molecule has 0 aliphatic heterocycles. The maximum atomic E-state index is 13.5. The number of aryl methyl sites for hydroxylation is 1. The van der Waals surface area contributed by atoms with Crippen molar-refractivity contribution in [3.8, 4) is 11.1 Å². The Kier molecular flexibility index (Phi) is 5.46. The fraction of sp³-hybridized carbons (Fsp3) is 0.158. The maximum absolute atomic E-state index is 13.5. The third kappa shape index (κ3) is 4.37. The van der Waals surface area contributed by atoms with Crippen LogP contribution in [0, 0.1) is 12.7 Å². The van der Waals surface area contributed by atoms with E-state index in [4.69, 9.17) is 4.52 Å². The zero-order valence-corrected chi connectivity index (χ0v) is 16.0. The van der Waals surface area contributed by atoms with Gasteiger partial charge in [-0.25, -0.2) is 12.8 Å². The van der Waals surface area contributed by atoms with E-state index in [0.29, 0.717) is 11.3 Å². The van der Waals surface area contributed by atoms with E-state index < -0.39 is 28.3 Å². The Hall–Kier alpha value is -3.20. The number of nitrogens with zero attached hydrogens (tertiary/aromatic N) is 2. The van der Waals surface area contributed by atoms with E-state index >= 15 is 0 Å². The van der Waals surface area contributed by atoms with Gasteiger partial charge in [0.2, 0.25) is 21.8 Å². The van der Waals surface area contributed by atoms with Crippen LogP contribution in [-0.2, 0) is 14.8 Å². The highest BCUT2D eigenvalue weighted by atomic mass is 32.2. The Morgan fingerprint density at radius 3 is 2.54 bits per heavy atom. The number of carbonyl (C=O) groups is 1. The van der Waals surface area contributed by atoms with Crippen molar-refractivity contribution in [2.24, 2.45) is 0 Å². The molecule has 0 radical (unpaired) electrons. The van der Waals surface area contributed by atoms with Crippen molar-refractivity contribution in [1.29, 1.82) is 0 Å². The van der Waals surface area contributed by atoms with Gasteiger partial charge in [0.15, 0.2) is 0 Å². The minimum absolute atomic E-state index is 0.0506. The van der Waals surface area contributed by atoms with Gasteiger partial charge in [-0.2, -0.15) is 0 Å². The van der Waals surface area contributed by atoms with Gasteiger partial charge in [0.05, 0.1) is 23.2 Å². The molecule has 0 aliphatic carbocycles. The number of hydrogen-bond donors (Lipinski definition) is 1. The molecule has 9 heteroatoms. The number of rotatable bonds is 6. The molecular formula is C19H18FN3O4S. The van der Waals surface area contributed by atoms with Gasteiger partial charge in [-0.1, -0.05) is 41.6 Å². The van der Waals surface area contributed by atoms with Gasteiger partial charge >= 0.3 is 0 Å². The Bertz CT molecular complexity index is 1100. The number of benzene rings is 2. The molecule has 2 aromatic carbocycles. The first-order chi connectivity index (χ1) is 13.3. The molecule has 28 heavy (non-hydrogen) atoms. The van der Waals surface area contributed by atoms with Crippen molar-refractivity contribution in [1.82, 2.24) is 5.16 Å². The van der Waals surface area contributed by atoms with Crippen LogP contribution in [0.15, 0.2) is 59.1 Å². The lowest BCUT2D eigenvalue weighted by Crippen LogP contribution is -2.37. The number of nitrogens with one attached hydrogen (secondary N) is 1. The van der Waals surface area contributed by atoms with Crippen molar-refractivity contribution in [3.05, 3.63) is 66.1 Å². The molecular weight excluding hydrogens is 385 g/mol. The molecule has 1 heterocycles. The van der Waals surface area contributed by atoms with Crippen LogP contribution in [0.5, 0.6) is 0 Å². The Morgan fingerprint density at radius 2 is 1.89 bits per heavy atom. The fourth-order valence-corrected chi connectivity index (χ4v) is 3.58. The minimum atomic E-state index is -3.82. The Labute approximate surface area is 161 Å². The summed E-state index contributed by atoms with van der Waals surface area (Å²) in [6, 6.07) is 14.2. The Balaban J connectivity index is 1.85. The van der Waals surface area contributed by atoms with Gasteiger partial charge in [-0.3, -0.25) is 14.4 Å². The van der Waals surface area contributed by atoms with Crippen LogP contribution in [-0.4, -0.2) is 32.3 Å². The summed E-state index contributed by atoms with van der Waals surface area (Å²) in [5.74, 6) is -1.15. The van der Waals surface area contributed by atoms with Crippen molar-refractivity contribution < 1.29 is 22.1 Å². The highest BCUT2D eigenvalue weighted by Crippen LogP contribution is 2.31. The summed E-state index contributed by atoms with van der Waals surface area (Å²) in [5.41, 5.74) is 2.02. The summed E-state index contributed by atoms with van der Waals surface area (Å²) < 4.78 is 43.7. The minimum Gasteiger partial charge on any atom is -0.337 e. The lowest BCUT2D eigenvalue weighted by Gasteiger charge is -2.21. The molecule has 3 aromatic rings. The number of halogens is 1. The summed E-state index contributed by atoms with van der Waals surface area (Å²) in [6.45, 7) is 1.19. The maximum Gasteiger partial charge on any atom is 0.247 e. The van der Waals surface area contributed by atoms with Crippen LogP contribution < -0.4 is 9.62 Å². The van der Waals surface area contributed by atoms with Crippen molar-refractivity contribution >= 4 is 27.5 Å². The summed E-state index contributed by atoms with van der Waals surface area (Å²) >= 11 is 0. The molecule has 7 nitrogen and oxygen atoms in total. The number of amides is 1. The average Bonchev–Trinajstić information content (AvgIpc) is 2.99. The van der Waals surface area contributed by atoms with Gasteiger partial charge < -0.3 is 4.52 Å². The fourth-order valence-electron chi connectivity index (χ4n) is 2.73. The molecule has 146 valence electrons. The molecule has 1 aromatic heterocycles. The monoisotopic (exact) mass is 403 g/mol. The predicted molar refractivity (Wildman–Crippen MR) is 104 cm³/mol. The molecule has 0 saturated heterocycles. The summed E-state index contributed by atoms with van der Waals surface area (Å²) in [6.07, 6.45) is 0.944. The lowest BCUT2D eigenvalue weighted by molar-refractivity contribution is -0.114. The normalized spacial score (nSPS) is 11.2. The van der Waals surface area contributed by atoms with Gasteiger partial charge in [0.25, 0.3) is 0 Å². The molecule has 1 N–H and O–H groups in total. The van der Waals surface area contributed by atoms with Gasteiger partial charge in [-0.15, -0.1) is 0 Å². The van der Waals surface area contributed by atoms with Crippen LogP contribution in [0.25, 0.3) is 11.1 Å². The zero-order chi connectivity index (χ0) is 20.3. The molecule has 0 fully saturated rings. The molecule has 0 aliphatic rings. The lowest BCUT2D eigenvalue weighted by atomic mass is 10.1. The van der Waals surface area contributed by atoms with Gasteiger partial charge in [0, 0.05) is 0 Å². The number of sulfonamides is 1. The molecule has 0 atom stereocenters. The topological polar surface area (TPSA) is 92.5 Å². The van der Waals surface area contributed by atoms with Crippen molar-refractivity contribution in [2.75, 3.05) is 22.4 Å². The number of carbonyl (C=O) groups excluding carboxylic acids is 1. The molecule has 3 rings (SSSR count). The van der Waals surface area contributed by atoms with E-state index in [9.17, 15) is 17.6 Å². The van der Waals surface area contributed by atoms with E-state index in [2.05, 4.69) is 10.5 Å².